The first-order valence-electron chi connectivity index (χ1n) is 5.28. The van der Waals surface area contributed by atoms with Gasteiger partial charge in [0.05, 0.1) is 10.4 Å². The fourth-order valence-corrected chi connectivity index (χ4v) is 2.52. The van der Waals surface area contributed by atoms with E-state index in [0.717, 1.165) is 12.1 Å². The molecule has 0 fully saturated rings. The lowest BCUT2D eigenvalue weighted by molar-refractivity contribution is -0.137. The van der Waals surface area contributed by atoms with Gasteiger partial charge in [0.2, 0.25) is 0 Å². The number of carbonyl (C=O) groups excluding carboxylic acids is 1. The molecule has 0 saturated heterocycles. The summed E-state index contributed by atoms with van der Waals surface area (Å²) in [5, 5.41) is 0. The van der Waals surface area contributed by atoms with Crippen LogP contribution in [-0.2, 0) is 17.4 Å². The second-order valence-electron chi connectivity index (χ2n) is 3.80. The highest BCUT2D eigenvalue weighted by molar-refractivity contribution is 9.10. The number of alkyl halides is 4. The maximum Gasteiger partial charge on any atom is 0.416 e. The summed E-state index contributed by atoms with van der Waals surface area (Å²) in [6.07, 6.45) is -3.78. The second-order valence-corrected chi connectivity index (χ2v) is 5.76. The Morgan fingerprint density at radius 2 is 2.00 bits per heavy atom. The summed E-state index contributed by atoms with van der Waals surface area (Å²) in [5.74, 6) is -0.0284. The van der Waals surface area contributed by atoms with Crippen molar-refractivity contribution in [3.8, 4) is 0 Å². The Kier molecular flexibility index (Phi) is 5.40. The van der Waals surface area contributed by atoms with Gasteiger partial charge in [-0.25, -0.2) is 0 Å². The summed E-state index contributed by atoms with van der Waals surface area (Å²) < 4.78 is 38.3. The van der Waals surface area contributed by atoms with Crippen molar-refractivity contribution in [2.24, 2.45) is 0 Å². The molecule has 1 aromatic rings. The Hall–Kier alpha value is -0.360. The molecule has 0 aromatic heterocycles. The number of benzene rings is 1. The fraction of sp³-hybridized carbons (Fsp3) is 0.417. The molecule has 0 heterocycles. The summed E-state index contributed by atoms with van der Waals surface area (Å²) in [5.41, 5.74) is -0.238. The van der Waals surface area contributed by atoms with Gasteiger partial charge >= 0.3 is 6.18 Å². The molecule has 1 unspecified atom stereocenters. The lowest BCUT2D eigenvalue weighted by Crippen LogP contribution is -2.16. The average molecular weight is 388 g/mol. The van der Waals surface area contributed by atoms with Crippen LogP contribution in [0.3, 0.4) is 0 Å². The van der Waals surface area contributed by atoms with Gasteiger partial charge < -0.3 is 0 Å². The lowest BCUT2D eigenvalue weighted by atomic mass is 10.0. The molecule has 18 heavy (non-hydrogen) atoms. The van der Waals surface area contributed by atoms with E-state index >= 15 is 0 Å². The van der Waals surface area contributed by atoms with E-state index in [1.54, 1.807) is 6.92 Å². The maximum atomic E-state index is 12.6. The SMILES string of the molecule is CCC(=O)C(Br)Cc1cc(C(F)(F)F)ccc1Br. The Balaban J connectivity index is 2.98. The standard InChI is InChI=1S/C12H11Br2F3O/c1-2-11(18)10(14)6-7-5-8(12(15,16)17)3-4-9(7)13/h3-5,10H,2,6H2,1H3. The van der Waals surface area contributed by atoms with Gasteiger partial charge in [-0.15, -0.1) is 0 Å². The highest BCUT2D eigenvalue weighted by Gasteiger charge is 2.31. The molecule has 0 spiro atoms. The van der Waals surface area contributed by atoms with E-state index in [4.69, 9.17) is 0 Å². The van der Waals surface area contributed by atoms with Gasteiger partial charge in [0.15, 0.2) is 0 Å². The number of carbonyl (C=O) groups is 1. The molecular weight excluding hydrogens is 377 g/mol. The highest BCUT2D eigenvalue weighted by atomic mass is 79.9. The summed E-state index contributed by atoms with van der Waals surface area (Å²) in [6, 6.07) is 3.44. The molecule has 0 amide bonds. The van der Waals surface area contributed by atoms with Gasteiger partial charge in [-0.05, 0) is 30.2 Å². The van der Waals surface area contributed by atoms with Gasteiger partial charge in [-0.3, -0.25) is 4.79 Å². The first kappa shape index (κ1) is 15.7. The largest absolute Gasteiger partial charge is 0.416 e. The van der Waals surface area contributed by atoms with Crippen LogP contribution in [0, 0.1) is 0 Å². The van der Waals surface area contributed by atoms with Crippen molar-refractivity contribution in [2.75, 3.05) is 0 Å². The number of hydrogen-bond donors (Lipinski definition) is 0. The summed E-state index contributed by atoms with van der Waals surface area (Å²) in [7, 11) is 0. The quantitative estimate of drug-likeness (QED) is 0.681. The number of rotatable bonds is 4. The van der Waals surface area contributed by atoms with Crippen molar-refractivity contribution in [1.82, 2.24) is 0 Å². The van der Waals surface area contributed by atoms with E-state index in [0.29, 0.717) is 16.5 Å². The Morgan fingerprint density at radius 1 is 1.39 bits per heavy atom. The number of halogens is 5. The van der Waals surface area contributed by atoms with E-state index in [1.165, 1.54) is 6.07 Å². The van der Waals surface area contributed by atoms with Gasteiger partial charge in [-0.1, -0.05) is 38.8 Å². The highest BCUT2D eigenvalue weighted by Crippen LogP contribution is 2.32. The summed E-state index contributed by atoms with van der Waals surface area (Å²) in [6.45, 7) is 1.72. The first-order chi connectivity index (χ1) is 8.25. The normalized spacial score (nSPS) is 13.4. The fourth-order valence-electron chi connectivity index (χ4n) is 1.44. The van der Waals surface area contributed by atoms with Crippen LogP contribution in [0.1, 0.15) is 24.5 Å². The van der Waals surface area contributed by atoms with Crippen LogP contribution in [0.15, 0.2) is 22.7 Å². The minimum Gasteiger partial charge on any atom is -0.298 e. The molecule has 0 aliphatic rings. The van der Waals surface area contributed by atoms with Crippen molar-refractivity contribution in [1.29, 1.82) is 0 Å². The van der Waals surface area contributed by atoms with E-state index in [-0.39, 0.29) is 12.2 Å². The van der Waals surface area contributed by atoms with E-state index in [2.05, 4.69) is 31.9 Å². The number of Topliss-reactive ketones (excluding diaryl/α,β-unsaturated/α-hetero) is 1. The molecule has 0 aliphatic heterocycles. The minimum absolute atomic E-state index is 0.0284. The van der Waals surface area contributed by atoms with Crippen molar-refractivity contribution in [3.63, 3.8) is 0 Å². The van der Waals surface area contributed by atoms with Gasteiger partial charge in [0, 0.05) is 10.9 Å². The molecular formula is C12H11Br2F3O. The van der Waals surface area contributed by atoms with Crippen LogP contribution < -0.4 is 0 Å². The molecule has 0 N–H and O–H groups in total. The Morgan fingerprint density at radius 3 is 2.50 bits per heavy atom. The van der Waals surface area contributed by atoms with Crippen LogP contribution in [0.4, 0.5) is 13.2 Å². The maximum absolute atomic E-state index is 12.6. The van der Waals surface area contributed by atoms with Crippen molar-refractivity contribution in [2.45, 2.75) is 30.8 Å². The van der Waals surface area contributed by atoms with Crippen LogP contribution >= 0.6 is 31.9 Å². The molecule has 1 rings (SSSR count). The Bertz CT molecular complexity index is 443. The smallest absolute Gasteiger partial charge is 0.298 e. The van der Waals surface area contributed by atoms with Crippen LogP contribution in [0.25, 0.3) is 0 Å². The molecule has 1 nitrogen and oxygen atoms in total. The first-order valence-corrected chi connectivity index (χ1v) is 6.99. The lowest BCUT2D eigenvalue weighted by Gasteiger charge is -2.13. The second kappa shape index (κ2) is 6.19. The molecule has 0 saturated carbocycles. The zero-order valence-electron chi connectivity index (χ0n) is 9.52. The van der Waals surface area contributed by atoms with Crippen molar-refractivity contribution < 1.29 is 18.0 Å². The summed E-state index contributed by atoms with van der Waals surface area (Å²) >= 11 is 6.39. The van der Waals surface area contributed by atoms with E-state index < -0.39 is 16.6 Å². The van der Waals surface area contributed by atoms with Gasteiger partial charge in [0.1, 0.15) is 5.78 Å². The molecule has 100 valence electrons. The predicted molar refractivity (Wildman–Crippen MR) is 70.9 cm³/mol. The van der Waals surface area contributed by atoms with Crippen LogP contribution in [0.5, 0.6) is 0 Å². The third-order valence-corrected chi connectivity index (χ3v) is 4.08. The monoisotopic (exact) mass is 386 g/mol. The third-order valence-electron chi connectivity index (χ3n) is 2.47. The predicted octanol–water partition coefficient (Wildman–Crippen LogP) is 4.75. The van der Waals surface area contributed by atoms with E-state index in [9.17, 15) is 18.0 Å². The topological polar surface area (TPSA) is 17.1 Å². The molecule has 1 atom stereocenters. The van der Waals surface area contributed by atoms with Crippen molar-refractivity contribution in [3.05, 3.63) is 33.8 Å². The average Bonchev–Trinajstić information content (AvgIpc) is 2.29. The summed E-state index contributed by atoms with van der Waals surface area (Å²) in [4.78, 5) is 11.0. The minimum atomic E-state index is -4.37. The molecule has 0 aliphatic carbocycles. The molecule has 0 radical (unpaired) electrons. The molecule has 1 aromatic carbocycles. The van der Waals surface area contributed by atoms with Gasteiger partial charge in [-0.2, -0.15) is 13.2 Å². The number of hydrogen-bond acceptors (Lipinski definition) is 1. The number of ketones is 1. The Labute approximate surface area is 120 Å². The van der Waals surface area contributed by atoms with E-state index in [1.807, 2.05) is 0 Å². The molecule has 6 heteroatoms. The zero-order valence-corrected chi connectivity index (χ0v) is 12.7. The van der Waals surface area contributed by atoms with Crippen LogP contribution in [0.2, 0.25) is 0 Å². The molecule has 0 bridgehead atoms. The van der Waals surface area contributed by atoms with Crippen molar-refractivity contribution >= 4 is 37.6 Å². The van der Waals surface area contributed by atoms with Crippen LogP contribution in [-0.4, -0.2) is 10.6 Å². The third kappa shape index (κ3) is 4.09. The zero-order chi connectivity index (χ0) is 13.9. The van der Waals surface area contributed by atoms with Gasteiger partial charge in [0.25, 0.3) is 0 Å².